The maximum absolute atomic E-state index is 12.1. The maximum Gasteiger partial charge on any atom is 0.179 e. The highest BCUT2D eigenvalue weighted by Gasteiger charge is 2.23. The monoisotopic (exact) mass is 309 g/mol. The minimum Gasteiger partial charge on any atom is -0.295 e. The maximum atomic E-state index is 12.1. The highest BCUT2D eigenvalue weighted by atomic mass is 35.5. The molecule has 6 heteroatoms. The van der Waals surface area contributed by atoms with E-state index in [1.54, 1.807) is 6.07 Å². The van der Waals surface area contributed by atoms with Crippen LogP contribution in [0.3, 0.4) is 0 Å². The van der Waals surface area contributed by atoms with Gasteiger partial charge in [-0.1, -0.05) is 23.2 Å². The van der Waals surface area contributed by atoms with Crippen molar-refractivity contribution in [3.63, 3.8) is 0 Å². The highest BCUT2D eigenvalue weighted by molar-refractivity contribution is 7.99. The fourth-order valence-corrected chi connectivity index (χ4v) is 4.64. The largest absolute Gasteiger partial charge is 0.295 e. The minimum absolute atomic E-state index is 0.0533. The molecule has 17 heavy (non-hydrogen) atoms. The molecule has 1 atom stereocenters. The van der Waals surface area contributed by atoms with Gasteiger partial charge in [0, 0.05) is 11.8 Å². The molecule has 1 aliphatic rings. The van der Waals surface area contributed by atoms with E-state index >= 15 is 0 Å². The fraction of sp³-hybridized carbons (Fsp3) is 0.545. The first-order valence-electron chi connectivity index (χ1n) is 5.34. The predicted molar refractivity (Wildman–Crippen MR) is 77.0 cm³/mol. The molecule has 1 fully saturated rings. The molecule has 0 amide bonds. The van der Waals surface area contributed by atoms with Crippen molar-refractivity contribution in [1.82, 2.24) is 4.90 Å². The number of thiophene rings is 1. The molecule has 0 N–H and O–H groups in total. The molecular weight excluding hydrogens is 297 g/mol. The second-order valence-corrected chi connectivity index (χ2v) is 7.53. The summed E-state index contributed by atoms with van der Waals surface area (Å²) in [5, 5.41) is 0. The number of hydrogen-bond donors (Lipinski definition) is 0. The molecule has 94 valence electrons. The number of hydrogen-bond acceptors (Lipinski definition) is 4. The van der Waals surface area contributed by atoms with Gasteiger partial charge in [0.2, 0.25) is 0 Å². The number of carbonyl (C=O) groups excluding carboxylic acids is 1. The number of rotatable bonds is 4. The molecule has 0 spiro atoms. The SMILES string of the molecule is CN(CC(=O)c1cc(Cl)sc1Cl)C1CCSC1. The predicted octanol–water partition coefficient (Wildman–Crippen LogP) is 3.67. The Hall–Kier alpha value is 0.260. The van der Waals surface area contributed by atoms with Crippen molar-refractivity contribution in [2.24, 2.45) is 0 Å². The molecule has 0 aliphatic carbocycles. The molecule has 1 unspecified atom stereocenters. The molecule has 1 saturated heterocycles. The van der Waals surface area contributed by atoms with Crippen LogP contribution in [-0.2, 0) is 0 Å². The van der Waals surface area contributed by atoms with Crippen molar-refractivity contribution in [1.29, 1.82) is 0 Å². The molecule has 2 rings (SSSR count). The minimum atomic E-state index is 0.0533. The summed E-state index contributed by atoms with van der Waals surface area (Å²) >= 11 is 15.0. The van der Waals surface area contributed by atoms with Crippen molar-refractivity contribution < 1.29 is 4.79 Å². The van der Waals surface area contributed by atoms with Crippen molar-refractivity contribution in [3.05, 3.63) is 20.3 Å². The van der Waals surface area contributed by atoms with Gasteiger partial charge in [-0.15, -0.1) is 11.3 Å². The lowest BCUT2D eigenvalue weighted by Crippen LogP contribution is -2.35. The Kier molecular flexibility index (Phi) is 4.78. The standard InChI is InChI=1S/C11H13Cl2NOS2/c1-14(7-2-3-16-6-7)5-9(15)8-4-10(12)17-11(8)13/h4,7H,2-3,5-6H2,1H3. The molecule has 0 saturated carbocycles. The van der Waals surface area contributed by atoms with E-state index in [2.05, 4.69) is 4.90 Å². The zero-order valence-electron chi connectivity index (χ0n) is 9.41. The van der Waals surface area contributed by atoms with E-state index < -0.39 is 0 Å². The van der Waals surface area contributed by atoms with Gasteiger partial charge >= 0.3 is 0 Å². The van der Waals surface area contributed by atoms with Crippen LogP contribution >= 0.6 is 46.3 Å². The zero-order chi connectivity index (χ0) is 12.4. The van der Waals surface area contributed by atoms with Gasteiger partial charge in [0.05, 0.1) is 16.4 Å². The number of ketones is 1. The topological polar surface area (TPSA) is 20.3 Å². The Balaban J connectivity index is 1.98. The third kappa shape index (κ3) is 3.38. The lowest BCUT2D eigenvalue weighted by atomic mass is 10.2. The first kappa shape index (κ1) is 13.7. The van der Waals surface area contributed by atoms with Crippen molar-refractivity contribution in [3.8, 4) is 0 Å². The van der Waals surface area contributed by atoms with Crippen LogP contribution in [0, 0.1) is 0 Å². The van der Waals surface area contributed by atoms with Gasteiger partial charge < -0.3 is 0 Å². The van der Waals surface area contributed by atoms with Gasteiger partial charge in [0.15, 0.2) is 5.78 Å². The molecule has 0 aromatic carbocycles. The molecule has 1 aliphatic heterocycles. The Morgan fingerprint density at radius 3 is 2.88 bits per heavy atom. The molecule has 2 nitrogen and oxygen atoms in total. The number of carbonyl (C=O) groups is 1. The summed E-state index contributed by atoms with van der Waals surface area (Å²) < 4.78 is 1.06. The molecule has 2 heterocycles. The van der Waals surface area contributed by atoms with Crippen LogP contribution in [-0.4, -0.2) is 41.8 Å². The van der Waals surface area contributed by atoms with Crippen LogP contribution in [0.25, 0.3) is 0 Å². The molecule has 1 aromatic heterocycles. The zero-order valence-corrected chi connectivity index (χ0v) is 12.6. The smallest absolute Gasteiger partial charge is 0.179 e. The van der Waals surface area contributed by atoms with E-state index in [-0.39, 0.29) is 5.78 Å². The summed E-state index contributed by atoms with van der Waals surface area (Å²) in [6, 6.07) is 2.17. The first-order valence-corrected chi connectivity index (χ1v) is 8.06. The average molecular weight is 310 g/mol. The average Bonchev–Trinajstić information content (AvgIpc) is 2.87. The lowest BCUT2D eigenvalue weighted by Gasteiger charge is -2.22. The summed E-state index contributed by atoms with van der Waals surface area (Å²) in [4.78, 5) is 14.2. The number of Topliss-reactive ketones (excluding diaryl/α,β-unsaturated/α-hetero) is 1. The summed E-state index contributed by atoms with van der Waals surface area (Å²) in [5.41, 5.74) is 0.555. The highest BCUT2D eigenvalue weighted by Crippen LogP contribution is 2.31. The molecule has 0 radical (unpaired) electrons. The normalized spacial score (nSPS) is 20.1. The van der Waals surface area contributed by atoms with Gasteiger partial charge in [-0.05, 0) is 25.3 Å². The summed E-state index contributed by atoms with van der Waals surface area (Å²) in [6.07, 6.45) is 1.16. The van der Waals surface area contributed by atoms with Crippen LogP contribution in [0.1, 0.15) is 16.8 Å². The van der Waals surface area contributed by atoms with E-state index in [1.807, 2.05) is 18.8 Å². The quantitative estimate of drug-likeness (QED) is 0.791. The van der Waals surface area contributed by atoms with Gasteiger partial charge in [-0.2, -0.15) is 11.8 Å². The molecule has 1 aromatic rings. The van der Waals surface area contributed by atoms with Crippen LogP contribution in [0.5, 0.6) is 0 Å². The van der Waals surface area contributed by atoms with Gasteiger partial charge in [0.1, 0.15) is 4.34 Å². The lowest BCUT2D eigenvalue weighted by molar-refractivity contribution is 0.0927. The summed E-state index contributed by atoms with van der Waals surface area (Å²) in [7, 11) is 2.00. The Morgan fingerprint density at radius 2 is 2.35 bits per heavy atom. The van der Waals surface area contributed by atoms with Gasteiger partial charge in [0.25, 0.3) is 0 Å². The van der Waals surface area contributed by atoms with Crippen molar-refractivity contribution in [2.45, 2.75) is 12.5 Å². The van der Waals surface area contributed by atoms with Gasteiger partial charge in [-0.3, -0.25) is 9.69 Å². The van der Waals surface area contributed by atoms with E-state index in [4.69, 9.17) is 23.2 Å². The third-order valence-electron chi connectivity index (χ3n) is 2.88. The number of thioether (sulfide) groups is 1. The molecular formula is C11H13Cl2NOS2. The van der Waals surface area contributed by atoms with Crippen LogP contribution in [0.15, 0.2) is 6.07 Å². The van der Waals surface area contributed by atoms with Gasteiger partial charge in [-0.25, -0.2) is 0 Å². The second-order valence-electron chi connectivity index (χ2n) is 4.09. The van der Waals surface area contributed by atoms with Crippen LogP contribution in [0.2, 0.25) is 8.67 Å². The number of nitrogens with zero attached hydrogens (tertiary/aromatic N) is 1. The first-order chi connectivity index (χ1) is 8.08. The molecule has 0 bridgehead atoms. The Morgan fingerprint density at radius 1 is 1.59 bits per heavy atom. The summed E-state index contributed by atoms with van der Waals surface area (Å²) in [6.45, 7) is 0.415. The fourth-order valence-electron chi connectivity index (χ4n) is 1.84. The number of halogens is 2. The van der Waals surface area contributed by atoms with Crippen molar-refractivity contribution in [2.75, 3.05) is 25.1 Å². The van der Waals surface area contributed by atoms with Crippen LogP contribution < -0.4 is 0 Å². The second kappa shape index (κ2) is 5.93. The van der Waals surface area contributed by atoms with E-state index in [0.29, 0.717) is 26.8 Å². The Labute approximate surface area is 119 Å². The number of likely N-dealkylation sites (N-methyl/N-ethyl adjacent to an activating group) is 1. The van der Waals surface area contributed by atoms with E-state index in [1.165, 1.54) is 17.1 Å². The van der Waals surface area contributed by atoms with Crippen LogP contribution in [0.4, 0.5) is 0 Å². The third-order valence-corrected chi connectivity index (χ3v) is 5.51. The van der Waals surface area contributed by atoms with E-state index in [0.717, 1.165) is 12.2 Å². The Bertz CT molecular complexity index is 416. The van der Waals surface area contributed by atoms with Crippen molar-refractivity contribution >= 4 is 52.1 Å². The van der Waals surface area contributed by atoms with E-state index in [9.17, 15) is 4.79 Å². The summed E-state index contributed by atoms with van der Waals surface area (Å²) in [5.74, 6) is 2.36.